The van der Waals surface area contributed by atoms with Crippen molar-refractivity contribution in [2.75, 3.05) is 0 Å². The molecule has 0 bridgehead atoms. The Bertz CT molecular complexity index is 568. The number of rotatable bonds is 3. The van der Waals surface area contributed by atoms with Crippen molar-refractivity contribution < 1.29 is 64.9 Å². The maximum Gasteiger partial charge on any atom is 1.00 e. The van der Waals surface area contributed by atoms with E-state index >= 15 is 0 Å². The first-order valence-electron chi connectivity index (χ1n) is 6.02. The van der Waals surface area contributed by atoms with E-state index in [9.17, 15) is 21.7 Å². The monoisotopic (exact) mass is 333 g/mol. The van der Waals surface area contributed by atoms with Crippen LogP contribution in [0, 0.1) is 0 Å². The van der Waals surface area contributed by atoms with Crippen molar-refractivity contribution >= 4 is 21.2 Å². The molecule has 0 spiro atoms. The molecule has 0 heterocycles. The molecule has 1 aromatic carbocycles. The average molecular weight is 333 g/mol. The smallest absolute Gasteiger partial charge is 0.870 e. The second kappa shape index (κ2) is 10.3. The zero-order valence-corrected chi connectivity index (χ0v) is 14.2. The van der Waals surface area contributed by atoms with Gasteiger partial charge in [0.25, 0.3) is 0 Å². The molecular formula is C12H15Li2O6S2-. The van der Waals surface area contributed by atoms with Gasteiger partial charge in [-0.15, -0.1) is 0 Å². The molecule has 22 heavy (non-hydrogen) atoms. The van der Waals surface area contributed by atoms with Gasteiger partial charge in [-0.05, 0) is 60.4 Å². The largest absolute Gasteiger partial charge is 1.00 e. The zero-order chi connectivity index (χ0) is 14.0. The van der Waals surface area contributed by atoms with Gasteiger partial charge >= 0.3 is 37.7 Å². The van der Waals surface area contributed by atoms with Crippen LogP contribution in [0.5, 0.6) is 0 Å². The van der Waals surface area contributed by atoms with Crippen LogP contribution in [0.25, 0.3) is 0 Å². The minimum absolute atomic E-state index is 0. The molecule has 1 atom stereocenters. The third-order valence-corrected chi connectivity index (χ3v) is 5.57. The van der Waals surface area contributed by atoms with Gasteiger partial charge in [-0.3, -0.25) is 4.21 Å². The maximum atomic E-state index is 10.9. The summed E-state index contributed by atoms with van der Waals surface area (Å²) < 4.78 is 54.3. The van der Waals surface area contributed by atoms with Crippen molar-refractivity contribution in [1.29, 1.82) is 0 Å². The van der Waals surface area contributed by atoms with Gasteiger partial charge in [0.05, 0.1) is 10.1 Å². The molecule has 6 nitrogen and oxygen atoms in total. The number of hydrogen-bond acceptors (Lipinski definition) is 6. The van der Waals surface area contributed by atoms with Crippen molar-refractivity contribution in [2.45, 2.75) is 41.7 Å². The second-order valence-electron chi connectivity index (χ2n) is 4.77. The van der Waals surface area contributed by atoms with E-state index in [1.165, 1.54) is 12.1 Å². The van der Waals surface area contributed by atoms with Crippen molar-refractivity contribution in [3.63, 3.8) is 0 Å². The van der Waals surface area contributed by atoms with E-state index in [-0.39, 0.29) is 54.0 Å². The van der Waals surface area contributed by atoms with Crippen LogP contribution in [0.1, 0.15) is 37.2 Å². The van der Waals surface area contributed by atoms with E-state index in [0.717, 1.165) is 5.56 Å². The molecule has 0 radical (unpaired) electrons. The molecule has 10 heteroatoms. The van der Waals surface area contributed by atoms with E-state index in [2.05, 4.69) is 0 Å². The van der Waals surface area contributed by atoms with Crippen molar-refractivity contribution in [1.82, 2.24) is 0 Å². The van der Waals surface area contributed by atoms with Crippen LogP contribution in [0.15, 0.2) is 29.2 Å². The van der Waals surface area contributed by atoms with Crippen LogP contribution in [0.3, 0.4) is 0 Å². The quantitative estimate of drug-likeness (QED) is 0.311. The first kappa shape index (κ1) is 24.6. The summed E-state index contributed by atoms with van der Waals surface area (Å²) >= 11 is -2.23. The van der Waals surface area contributed by atoms with Crippen LogP contribution >= 0.6 is 0 Å². The van der Waals surface area contributed by atoms with Crippen molar-refractivity contribution in [3.8, 4) is 0 Å². The van der Waals surface area contributed by atoms with E-state index in [4.69, 9.17) is 0 Å². The molecule has 0 aliphatic heterocycles. The molecule has 1 fully saturated rings. The Morgan fingerprint density at radius 3 is 1.82 bits per heavy atom. The Hall–Kier alpha value is 0.395. The summed E-state index contributed by atoms with van der Waals surface area (Å²) in [5.74, 6) is 0.201. The molecule has 0 saturated heterocycles. The third kappa shape index (κ3) is 6.48. The van der Waals surface area contributed by atoms with Gasteiger partial charge in [0.1, 0.15) is 0 Å². The minimum Gasteiger partial charge on any atom is -0.870 e. The van der Waals surface area contributed by atoms with E-state index in [0.29, 0.717) is 25.7 Å². The standard InChI is InChI=1S/C12H16O5S2.2Li.H2O/c13-18(14)11-5-1-9(2-6-11)10-3-7-12(8-4-10)19(15,16)17;;;/h1-2,5-6,10,12H,3-4,7-8H2,(H,13,14)(H,15,16,17);;;1H2/q;2*+1;/p-3. The van der Waals surface area contributed by atoms with Crippen LogP contribution in [-0.4, -0.2) is 32.5 Å². The van der Waals surface area contributed by atoms with Crippen LogP contribution in [0.4, 0.5) is 0 Å². The summed E-state index contributed by atoms with van der Waals surface area (Å²) in [7, 11) is -4.18. The van der Waals surface area contributed by atoms with Gasteiger partial charge in [0.15, 0.2) is 0 Å². The molecular weight excluding hydrogens is 318 g/mol. The Balaban J connectivity index is 0. The summed E-state index contributed by atoms with van der Waals surface area (Å²) in [6.45, 7) is 0. The molecule has 1 unspecified atom stereocenters. The van der Waals surface area contributed by atoms with Gasteiger partial charge in [-0.2, -0.15) is 0 Å². The fraction of sp³-hybridized carbons (Fsp3) is 0.500. The van der Waals surface area contributed by atoms with Gasteiger partial charge in [-0.25, -0.2) is 8.42 Å². The first-order valence-corrected chi connectivity index (χ1v) is 8.56. The SMILES string of the molecule is O=S([O-])c1ccc(C2CCC(S(=O)(=O)[O-])CC2)cc1.[Li+].[Li+].[OH-]. The van der Waals surface area contributed by atoms with Crippen LogP contribution in [0.2, 0.25) is 0 Å². The molecule has 0 aromatic heterocycles. The summed E-state index contributed by atoms with van der Waals surface area (Å²) in [4.78, 5) is 0.236. The predicted octanol–water partition coefficient (Wildman–Crippen LogP) is -4.67. The average Bonchev–Trinajstić information content (AvgIpc) is 2.38. The Kier molecular flexibility index (Phi) is 11.5. The van der Waals surface area contributed by atoms with Gasteiger partial charge < -0.3 is 14.6 Å². The normalized spacial score (nSPS) is 22.5. The Labute approximate surface area is 157 Å². The Morgan fingerprint density at radius 2 is 1.45 bits per heavy atom. The summed E-state index contributed by atoms with van der Waals surface area (Å²) in [6, 6.07) is 6.58. The summed E-state index contributed by atoms with van der Waals surface area (Å²) in [6.07, 6.45) is 2.05. The fourth-order valence-corrected chi connectivity index (χ4v) is 3.74. The van der Waals surface area contributed by atoms with Gasteiger partial charge in [-0.1, -0.05) is 12.1 Å². The van der Waals surface area contributed by atoms with Crippen molar-refractivity contribution in [2.24, 2.45) is 0 Å². The van der Waals surface area contributed by atoms with E-state index < -0.39 is 26.4 Å². The molecule has 114 valence electrons. The summed E-state index contributed by atoms with van der Waals surface area (Å²) in [5, 5.41) is -0.767. The number of hydrogen-bond donors (Lipinski definition) is 0. The van der Waals surface area contributed by atoms with Gasteiger partial charge in [0.2, 0.25) is 0 Å². The minimum atomic E-state index is -4.18. The van der Waals surface area contributed by atoms with E-state index in [1.807, 2.05) is 0 Å². The fourth-order valence-electron chi connectivity index (χ4n) is 2.54. The third-order valence-electron chi connectivity index (χ3n) is 3.63. The maximum absolute atomic E-state index is 10.9. The van der Waals surface area contributed by atoms with Gasteiger partial charge in [0, 0.05) is 10.1 Å². The Morgan fingerprint density at radius 1 is 1.00 bits per heavy atom. The number of benzene rings is 1. The first-order chi connectivity index (χ1) is 8.88. The second-order valence-corrected chi connectivity index (χ2v) is 7.36. The molecule has 1 aliphatic carbocycles. The molecule has 2 rings (SSSR count). The van der Waals surface area contributed by atoms with E-state index in [1.54, 1.807) is 12.1 Å². The topological polar surface area (TPSA) is 127 Å². The van der Waals surface area contributed by atoms with Crippen molar-refractivity contribution in [3.05, 3.63) is 29.8 Å². The van der Waals surface area contributed by atoms with Crippen LogP contribution < -0.4 is 37.7 Å². The molecule has 1 saturated carbocycles. The zero-order valence-electron chi connectivity index (χ0n) is 12.6. The summed E-state index contributed by atoms with van der Waals surface area (Å²) in [5.41, 5.74) is 0.996. The molecule has 0 amide bonds. The van der Waals surface area contributed by atoms with Crippen LogP contribution in [-0.2, 0) is 21.2 Å². The predicted molar refractivity (Wildman–Crippen MR) is 70.3 cm³/mol. The molecule has 1 aliphatic rings. The molecule has 1 N–H and O–H groups in total. The molecule has 1 aromatic rings.